The van der Waals surface area contributed by atoms with Crippen LogP contribution >= 0.6 is 79.6 Å². The highest BCUT2D eigenvalue weighted by Crippen LogP contribution is 2.45. The molecule has 0 saturated carbocycles. The molecule has 0 atom stereocenters. The summed E-state index contributed by atoms with van der Waals surface area (Å²) in [5.74, 6) is 1.26. The summed E-state index contributed by atoms with van der Waals surface area (Å²) in [5, 5.41) is 9.80. The van der Waals surface area contributed by atoms with Crippen LogP contribution < -0.4 is 4.74 Å². The number of halogens is 5. The fraction of sp³-hybridized carbons (Fsp3) is 0. The van der Waals surface area contributed by atoms with Crippen molar-refractivity contribution in [2.24, 2.45) is 0 Å². The van der Waals surface area contributed by atoms with Crippen LogP contribution in [0.15, 0.2) is 46.6 Å². The highest BCUT2D eigenvalue weighted by atomic mass is 79.9. The Kier molecular flexibility index (Phi) is 5.39. The summed E-state index contributed by atoms with van der Waals surface area (Å²) >= 11 is 16.9. The summed E-state index contributed by atoms with van der Waals surface area (Å²) in [7, 11) is 0. The molecule has 0 bridgehead atoms. The van der Waals surface area contributed by atoms with Crippen LogP contribution in [0.4, 0.5) is 0 Å². The summed E-state index contributed by atoms with van der Waals surface area (Å²) in [5.41, 5.74) is 0. The molecule has 0 unspecified atom stereocenters. The van der Waals surface area contributed by atoms with Gasteiger partial charge in [0.25, 0.3) is 0 Å². The lowest BCUT2D eigenvalue weighted by molar-refractivity contribution is 0.449. The molecule has 0 radical (unpaired) electrons. The average Bonchev–Trinajstić information content (AvgIpc) is 2.36. The van der Waals surface area contributed by atoms with E-state index in [0.29, 0.717) is 24.9 Å². The lowest BCUT2D eigenvalue weighted by Gasteiger charge is -2.12. The summed E-state index contributed by atoms with van der Waals surface area (Å²) in [6, 6.07) is 7.12. The zero-order valence-electron chi connectivity index (χ0n) is 9.05. The summed E-state index contributed by atoms with van der Waals surface area (Å²) < 4.78 is 9.52. The normalized spacial score (nSPS) is 10.6. The van der Waals surface area contributed by atoms with Crippen molar-refractivity contribution in [3.63, 3.8) is 0 Å². The standard InChI is InChI=1S/C12H5Br5O2/c13-5-1-2-8(6(14)3-5)19-9-4-7(18)10(15)12(17)11(9)16/h1-4,18H. The first-order valence-electron chi connectivity index (χ1n) is 4.89. The van der Waals surface area contributed by atoms with Gasteiger partial charge in [-0.3, -0.25) is 0 Å². The molecule has 0 aliphatic carbocycles. The fourth-order valence-electron chi connectivity index (χ4n) is 1.32. The molecule has 19 heavy (non-hydrogen) atoms. The van der Waals surface area contributed by atoms with Crippen LogP contribution in [0.2, 0.25) is 0 Å². The topological polar surface area (TPSA) is 29.5 Å². The molecule has 0 aliphatic rings. The van der Waals surface area contributed by atoms with Gasteiger partial charge in [0.2, 0.25) is 0 Å². The van der Waals surface area contributed by atoms with E-state index >= 15 is 0 Å². The minimum Gasteiger partial charge on any atom is -0.507 e. The van der Waals surface area contributed by atoms with E-state index in [4.69, 9.17) is 4.74 Å². The number of ether oxygens (including phenoxy) is 1. The minimum absolute atomic E-state index is 0.0957. The van der Waals surface area contributed by atoms with Gasteiger partial charge in [-0.15, -0.1) is 0 Å². The summed E-state index contributed by atoms with van der Waals surface area (Å²) in [6.45, 7) is 0. The summed E-state index contributed by atoms with van der Waals surface area (Å²) in [6.07, 6.45) is 0. The van der Waals surface area contributed by atoms with Crippen LogP contribution in [0, 0.1) is 0 Å². The van der Waals surface area contributed by atoms with Crippen LogP contribution in [0.3, 0.4) is 0 Å². The molecule has 0 aliphatic heterocycles. The Morgan fingerprint density at radius 1 is 0.789 bits per heavy atom. The molecule has 0 heterocycles. The van der Waals surface area contributed by atoms with Crippen molar-refractivity contribution < 1.29 is 9.84 Å². The maximum Gasteiger partial charge on any atom is 0.146 e. The van der Waals surface area contributed by atoms with Gasteiger partial charge in [0, 0.05) is 10.5 Å². The first-order valence-corrected chi connectivity index (χ1v) is 8.86. The van der Waals surface area contributed by atoms with Gasteiger partial charge >= 0.3 is 0 Å². The molecule has 0 aromatic heterocycles. The average molecular weight is 581 g/mol. The molecule has 0 saturated heterocycles. The third-order valence-electron chi connectivity index (χ3n) is 2.21. The van der Waals surface area contributed by atoms with Crippen molar-refractivity contribution in [3.05, 3.63) is 46.6 Å². The van der Waals surface area contributed by atoms with Gasteiger partial charge in [-0.2, -0.15) is 0 Å². The Bertz CT molecular complexity index is 643. The Hall–Kier alpha value is 0.440. The molecule has 100 valence electrons. The second-order valence-electron chi connectivity index (χ2n) is 3.51. The molecular weight excluding hydrogens is 576 g/mol. The largest absolute Gasteiger partial charge is 0.507 e. The monoisotopic (exact) mass is 576 g/mol. The molecular formula is C12H5Br5O2. The Morgan fingerprint density at radius 2 is 1.47 bits per heavy atom. The molecule has 0 fully saturated rings. The second-order valence-corrected chi connectivity index (χ2v) is 7.66. The number of phenolic OH excluding ortho intramolecular Hbond substituents is 1. The Labute approximate surface area is 152 Å². The zero-order valence-corrected chi connectivity index (χ0v) is 17.0. The predicted molar refractivity (Wildman–Crippen MR) is 93.1 cm³/mol. The first-order chi connectivity index (χ1) is 8.90. The number of phenols is 1. The number of benzene rings is 2. The van der Waals surface area contributed by atoms with Crippen LogP contribution in [-0.2, 0) is 0 Å². The maximum atomic E-state index is 9.80. The maximum absolute atomic E-state index is 9.80. The minimum atomic E-state index is 0.0957. The van der Waals surface area contributed by atoms with Gasteiger partial charge in [-0.1, -0.05) is 15.9 Å². The molecule has 7 heteroatoms. The van der Waals surface area contributed by atoms with E-state index in [-0.39, 0.29) is 5.75 Å². The van der Waals surface area contributed by atoms with Crippen LogP contribution in [0.25, 0.3) is 0 Å². The van der Waals surface area contributed by atoms with E-state index in [9.17, 15) is 5.11 Å². The van der Waals surface area contributed by atoms with Crippen LogP contribution in [0.1, 0.15) is 0 Å². The quantitative estimate of drug-likeness (QED) is 0.388. The van der Waals surface area contributed by atoms with Gasteiger partial charge in [-0.05, 0) is 81.9 Å². The van der Waals surface area contributed by atoms with E-state index in [1.165, 1.54) is 6.07 Å². The van der Waals surface area contributed by atoms with Crippen molar-refractivity contribution in [1.29, 1.82) is 0 Å². The number of hydrogen-bond donors (Lipinski definition) is 1. The zero-order chi connectivity index (χ0) is 14.2. The van der Waals surface area contributed by atoms with Gasteiger partial charge in [0.15, 0.2) is 0 Å². The van der Waals surface area contributed by atoms with Gasteiger partial charge in [0.1, 0.15) is 17.2 Å². The van der Waals surface area contributed by atoms with Crippen molar-refractivity contribution in [1.82, 2.24) is 0 Å². The lowest BCUT2D eigenvalue weighted by atomic mass is 10.3. The number of rotatable bonds is 2. The van der Waals surface area contributed by atoms with Crippen molar-refractivity contribution in [3.8, 4) is 17.2 Å². The molecule has 2 nitrogen and oxygen atoms in total. The molecule has 2 aromatic carbocycles. The van der Waals surface area contributed by atoms with Gasteiger partial charge in [0.05, 0.1) is 17.9 Å². The first kappa shape index (κ1) is 15.8. The number of hydrogen-bond acceptors (Lipinski definition) is 2. The smallest absolute Gasteiger partial charge is 0.146 e. The third-order valence-corrected chi connectivity index (χ3v) is 6.77. The van der Waals surface area contributed by atoms with Crippen LogP contribution in [-0.4, -0.2) is 5.11 Å². The van der Waals surface area contributed by atoms with Crippen LogP contribution in [0.5, 0.6) is 17.2 Å². The molecule has 0 spiro atoms. The van der Waals surface area contributed by atoms with E-state index in [1.807, 2.05) is 18.2 Å². The van der Waals surface area contributed by atoms with E-state index in [2.05, 4.69) is 79.6 Å². The molecule has 0 amide bonds. The van der Waals surface area contributed by atoms with Crippen molar-refractivity contribution in [2.75, 3.05) is 0 Å². The fourth-order valence-corrected chi connectivity index (χ4v) is 3.82. The highest BCUT2D eigenvalue weighted by Gasteiger charge is 2.15. The highest BCUT2D eigenvalue weighted by molar-refractivity contribution is 9.14. The van der Waals surface area contributed by atoms with Gasteiger partial charge < -0.3 is 9.84 Å². The van der Waals surface area contributed by atoms with Gasteiger partial charge in [-0.25, -0.2) is 0 Å². The Balaban J connectivity index is 2.44. The molecule has 1 N–H and O–H groups in total. The van der Waals surface area contributed by atoms with E-state index in [1.54, 1.807) is 0 Å². The van der Waals surface area contributed by atoms with Crippen molar-refractivity contribution in [2.45, 2.75) is 0 Å². The van der Waals surface area contributed by atoms with Crippen molar-refractivity contribution >= 4 is 79.6 Å². The van der Waals surface area contributed by atoms with E-state index in [0.717, 1.165) is 8.95 Å². The van der Waals surface area contributed by atoms with E-state index < -0.39 is 0 Å². The third kappa shape index (κ3) is 3.56. The summed E-state index contributed by atoms with van der Waals surface area (Å²) in [4.78, 5) is 0. The molecule has 2 rings (SSSR count). The molecule has 2 aromatic rings. The lowest BCUT2D eigenvalue weighted by Crippen LogP contribution is -1.88. The SMILES string of the molecule is Oc1cc(Oc2ccc(Br)cc2Br)c(Br)c(Br)c1Br. The second kappa shape index (κ2) is 6.47. The Morgan fingerprint density at radius 3 is 2.11 bits per heavy atom. The number of aromatic hydroxyl groups is 1. The predicted octanol–water partition coefficient (Wildman–Crippen LogP) is 7.00.